The summed E-state index contributed by atoms with van der Waals surface area (Å²) in [6.07, 6.45) is 3.23. The van der Waals surface area contributed by atoms with Gasteiger partial charge in [0.15, 0.2) is 17.3 Å². The molecule has 0 saturated carbocycles. The Kier molecular flexibility index (Phi) is 6.39. The smallest absolute Gasteiger partial charge is 0.319 e. The van der Waals surface area contributed by atoms with E-state index in [1.807, 2.05) is 18.0 Å². The number of ether oxygens (including phenoxy) is 2. The molecule has 3 aromatic heterocycles. The fraction of sp³-hybridized carbons (Fsp3) is 0.467. The highest BCUT2D eigenvalue weighted by Crippen LogP contribution is 2.47. The zero-order valence-electron chi connectivity index (χ0n) is 23.9. The Labute approximate surface area is 254 Å². The van der Waals surface area contributed by atoms with Crippen LogP contribution in [0.3, 0.4) is 0 Å². The first kappa shape index (κ1) is 27.8. The molecule has 14 heteroatoms. The van der Waals surface area contributed by atoms with Gasteiger partial charge in [0, 0.05) is 49.2 Å². The molecule has 0 aliphatic carbocycles. The zero-order valence-corrected chi connectivity index (χ0v) is 24.7. The van der Waals surface area contributed by atoms with E-state index in [9.17, 15) is 9.65 Å². The van der Waals surface area contributed by atoms with Crippen molar-refractivity contribution in [3.05, 3.63) is 34.5 Å². The van der Waals surface area contributed by atoms with Gasteiger partial charge >= 0.3 is 6.01 Å². The lowest BCUT2D eigenvalue weighted by Gasteiger charge is -2.37. The Morgan fingerprint density at radius 3 is 2.70 bits per heavy atom. The molecule has 1 aromatic carbocycles. The lowest BCUT2D eigenvalue weighted by atomic mass is 9.93. The number of alkyl halides is 1. The number of benzene rings is 1. The maximum absolute atomic E-state index is 17.1. The molecule has 0 spiro atoms. The maximum atomic E-state index is 17.1. The van der Waals surface area contributed by atoms with Crippen LogP contribution in [-0.4, -0.2) is 77.4 Å². The van der Waals surface area contributed by atoms with Crippen LogP contribution < -0.4 is 20.7 Å². The number of anilines is 2. The molecule has 4 aromatic rings. The van der Waals surface area contributed by atoms with Crippen LogP contribution in [0.15, 0.2) is 6.20 Å². The molecule has 3 N–H and O–H groups in total. The number of halogens is 3. The molecule has 0 radical (unpaired) electrons. The predicted octanol–water partition coefficient (Wildman–Crippen LogP) is 4.03. The van der Waals surface area contributed by atoms with E-state index >= 15 is 8.78 Å². The second kappa shape index (κ2) is 10.1. The summed E-state index contributed by atoms with van der Waals surface area (Å²) < 4.78 is 59.5. The van der Waals surface area contributed by atoms with E-state index in [1.165, 1.54) is 0 Å². The molecule has 228 valence electrons. The quantitative estimate of drug-likeness (QED) is 0.337. The Morgan fingerprint density at radius 1 is 1.20 bits per heavy atom. The van der Waals surface area contributed by atoms with Crippen molar-refractivity contribution in [3.63, 3.8) is 0 Å². The summed E-state index contributed by atoms with van der Waals surface area (Å²) >= 11 is 0.920. The fourth-order valence-electron chi connectivity index (χ4n) is 7.35. The van der Waals surface area contributed by atoms with Crippen molar-refractivity contribution in [2.45, 2.75) is 50.2 Å². The highest BCUT2D eigenvalue weighted by Gasteiger charge is 2.42. The molecule has 3 unspecified atom stereocenters. The molecule has 3 saturated heterocycles. The molecule has 8 rings (SSSR count). The standard InChI is InChI=1S/C30H29F3N8O2S/c1-40-5-4-30(33,12-40)13-43-29-38-25-22(28(39-29)41-14-2-3-15(41)8-36-7-14)18-11-42-10-17(18)20(23(25)32)24-21-16(6-34)27(35)44-26(21)19(31)9-37-24/h9,14-15,36H,2-5,7-8,10-13,35H2,1H3. The van der Waals surface area contributed by atoms with Crippen LogP contribution >= 0.6 is 11.3 Å². The average Bonchev–Trinajstić information content (AvgIpc) is 3.77. The number of nitrogens with zero attached hydrogens (tertiary/aromatic N) is 6. The van der Waals surface area contributed by atoms with E-state index in [1.54, 1.807) is 0 Å². The van der Waals surface area contributed by atoms with Crippen LogP contribution in [0, 0.1) is 23.0 Å². The molecular weight excluding hydrogens is 593 g/mol. The van der Waals surface area contributed by atoms with Crippen molar-refractivity contribution in [3.8, 4) is 23.3 Å². The molecule has 10 nitrogen and oxygen atoms in total. The van der Waals surface area contributed by atoms with Crippen LogP contribution in [0.5, 0.6) is 6.01 Å². The van der Waals surface area contributed by atoms with Crippen molar-refractivity contribution in [1.29, 1.82) is 5.26 Å². The van der Waals surface area contributed by atoms with E-state index in [4.69, 9.17) is 20.2 Å². The Bertz CT molecular complexity index is 1880. The van der Waals surface area contributed by atoms with Crippen molar-refractivity contribution in [1.82, 2.24) is 25.2 Å². The van der Waals surface area contributed by atoms with Gasteiger partial charge in [-0.3, -0.25) is 4.98 Å². The van der Waals surface area contributed by atoms with Gasteiger partial charge in [-0.15, -0.1) is 11.3 Å². The van der Waals surface area contributed by atoms with Gasteiger partial charge in [-0.2, -0.15) is 15.2 Å². The van der Waals surface area contributed by atoms with Gasteiger partial charge in [0.1, 0.15) is 29.0 Å². The SMILES string of the molecule is CN1CCC(F)(COc2nc(N3C4CCC3CNC4)c3c4c(c(-c5ncc(F)c6sc(N)c(C#N)c56)c(F)c3n2)COC4)C1. The summed E-state index contributed by atoms with van der Waals surface area (Å²) in [5.74, 6) is -0.828. The number of pyridine rings is 1. The Hall–Kier alpha value is -3.77. The number of nitriles is 1. The van der Waals surface area contributed by atoms with Gasteiger partial charge in [0.05, 0.1) is 40.8 Å². The number of piperazine rings is 1. The van der Waals surface area contributed by atoms with Gasteiger partial charge < -0.3 is 30.3 Å². The minimum atomic E-state index is -1.58. The molecule has 4 aliphatic heterocycles. The van der Waals surface area contributed by atoms with E-state index < -0.39 is 17.3 Å². The maximum Gasteiger partial charge on any atom is 0.319 e. The number of aromatic nitrogens is 3. The van der Waals surface area contributed by atoms with Crippen LogP contribution in [0.4, 0.5) is 24.0 Å². The number of nitrogens with two attached hydrogens (primary N) is 1. The number of rotatable bonds is 5. The van der Waals surface area contributed by atoms with Gasteiger partial charge in [-0.25, -0.2) is 13.2 Å². The molecule has 3 fully saturated rings. The third-order valence-corrected chi connectivity index (χ3v) is 10.4. The Morgan fingerprint density at radius 2 is 1.98 bits per heavy atom. The van der Waals surface area contributed by atoms with Gasteiger partial charge in [0.25, 0.3) is 0 Å². The number of nitrogen functional groups attached to an aromatic ring is 1. The van der Waals surface area contributed by atoms with Gasteiger partial charge in [0.2, 0.25) is 0 Å². The monoisotopic (exact) mass is 622 g/mol. The fourth-order valence-corrected chi connectivity index (χ4v) is 8.27. The van der Waals surface area contributed by atoms with Gasteiger partial charge in [-0.1, -0.05) is 0 Å². The third-order valence-electron chi connectivity index (χ3n) is 9.38. The van der Waals surface area contributed by atoms with Crippen molar-refractivity contribution in [2.75, 3.05) is 50.5 Å². The largest absolute Gasteiger partial charge is 0.460 e. The molecule has 44 heavy (non-hydrogen) atoms. The lowest BCUT2D eigenvalue weighted by Crippen LogP contribution is -2.52. The summed E-state index contributed by atoms with van der Waals surface area (Å²) in [7, 11) is 1.85. The topological polar surface area (TPSA) is 125 Å². The highest BCUT2D eigenvalue weighted by atomic mass is 32.1. The number of thiophene rings is 1. The third kappa shape index (κ3) is 4.13. The minimum absolute atomic E-state index is 0.0142. The predicted molar refractivity (Wildman–Crippen MR) is 159 cm³/mol. The van der Waals surface area contributed by atoms with E-state index in [0.717, 1.165) is 43.5 Å². The molecular formula is C30H29F3N8O2S. The normalized spacial score (nSPS) is 24.8. The second-order valence-electron chi connectivity index (χ2n) is 12.2. The van der Waals surface area contributed by atoms with Crippen molar-refractivity contribution >= 4 is 43.1 Å². The first-order valence-electron chi connectivity index (χ1n) is 14.7. The lowest BCUT2D eigenvalue weighted by molar-refractivity contribution is 0.0884. The summed E-state index contributed by atoms with van der Waals surface area (Å²) in [6, 6.07) is 2.20. The Balaban J connectivity index is 1.37. The van der Waals surface area contributed by atoms with E-state index in [2.05, 4.69) is 20.2 Å². The first-order valence-corrected chi connectivity index (χ1v) is 15.5. The minimum Gasteiger partial charge on any atom is -0.460 e. The molecule has 7 heterocycles. The first-order chi connectivity index (χ1) is 21.3. The van der Waals surface area contributed by atoms with Gasteiger partial charge in [-0.05, 0) is 37.4 Å². The molecule has 3 atom stereocenters. The summed E-state index contributed by atoms with van der Waals surface area (Å²) in [4.78, 5) is 17.8. The molecule has 2 bridgehead atoms. The molecule has 4 aliphatic rings. The average molecular weight is 623 g/mol. The summed E-state index contributed by atoms with van der Waals surface area (Å²) in [5.41, 5.74) is 5.94. The number of hydrogen-bond donors (Lipinski definition) is 2. The van der Waals surface area contributed by atoms with E-state index in [0.29, 0.717) is 35.3 Å². The number of likely N-dealkylation sites (tertiary alicyclic amines) is 1. The summed E-state index contributed by atoms with van der Waals surface area (Å²) in [5, 5.41) is 14.1. The van der Waals surface area contributed by atoms with Crippen LogP contribution in [0.1, 0.15) is 36.0 Å². The van der Waals surface area contributed by atoms with Crippen LogP contribution in [-0.2, 0) is 18.0 Å². The number of nitrogens with one attached hydrogen (secondary N) is 1. The molecule has 0 amide bonds. The van der Waals surface area contributed by atoms with Crippen molar-refractivity contribution in [2.24, 2.45) is 0 Å². The van der Waals surface area contributed by atoms with Crippen LogP contribution in [0.25, 0.3) is 32.2 Å². The highest BCUT2D eigenvalue weighted by molar-refractivity contribution is 7.23. The van der Waals surface area contributed by atoms with Crippen LogP contribution in [0.2, 0.25) is 0 Å². The number of hydrogen-bond acceptors (Lipinski definition) is 11. The second-order valence-corrected chi connectivity index (χ2v) is 13.2. The zero-order chi connectivity index (χ0) is 30.3. The van der Waals surface area contributed by atoms with Crippen molar-refractivity contribution < 1.29 is 22.6 Å². The summed E-state index contributed by atoms with van der Waals surface area (Å²) in [6.45, 7) is 2.34. The number of fused-ring (bicyclic) bond motifs is 6. The van der Waals surface area contributed by atoms with E-state index in [-0.39, 0.29) is 81.9 Å².